The number of phenols is 1. The molecule has 0 spiro atoms. The predicted molar refractivity (Wildman–Crippen MR) is 124 cm³/mol. The summed E-state index contributed by atoms with van der Waals surface area (Å²) in [6.45, 7) is -0.359. The van der Waals surface area contributed by atoms with Gasteiger partial charge in [-0.3, -0.25) is 9.59 Å². The molecule has 3 aromatic rings. The molecule has 0 saturated heterocycles. The Bertz CT molecular complexity index is 1200. The average molecular weight is 512 g/mol. The van der Waals surface area contributed by atoms with E-state index in [2.05, 4.69) is 31.8 Å². The molecule has 3 N–H and O–H groups in total. The fourth-order valence-electron chi connectivity index (χ4n) is 2.53. The largest absolute Gasteiger partial charge is 0.507 e. The molecule has 2 amide bonds. The lowest BCUT2D eigenvalue weighted by atomic mass is 10.2. The van der Waals surface area contributed by atoms with E-state index in [0.717, 1.165) is 0 Å². The summed E-state index contributed by atoms with van der Waals surface area (Å²) < 4.78 is 11.1. The third kappa shape index (κ3) is 7.18. The number of halogens is 1. The van der Waals surface area contributed by atoms with E-state index in [9.17, 15) is 19.5 Å². The van der Waals surface area contributed by atoms with Crippen LogP contribution in [0.3, 0.4) is 0 Å². The first-order valence-electron chi connectivity index (χ1n) is 9.53. The SMILES string of the molecule is O=C(CNC(=O)c1ccccc1O)NN=Cc1cc(Br)ccc1OC(=O)C=Cc1ccco1. The molecule has 3 rings (SSSR count). The Morgan fingerprint density at radius 2 is 1.94 bits per heavy atom. The van der Waals surface area contributed by atoms with Gasteiger partial charge in [0.1, 0.15) is 17.3 Å². The second-order valence-corrected chi connectivity index (χ2v) is 7.36. The first-order valence-corrected chi connectivity index (χ1v) is 10.3. The van der Waals surface area contributed by atoms with Crippen molar-refractivity contribution in [3.8, 4) is 11.5 Å². The molecule has 9 nitrogen and oxygen atoms in total. The molecule has 10 heteroatoms. The van der Waals surface area contributed by atoms with Crippen molar-refractivity contribution in [1.82, 2.24) is 10.7 Å². The second kappa shape index (κ2) is 11.4. The molecule has 0 unspecified atom stereocenters. The maximum absolute atomic E-state index is 12.1. The summed E-state index contributed by atoms with van der Waals surface area (Å²) in [6, 6.07) is 14.3. The lowest BCUT2D eigenvalue weighted by molar-refractivity contribution is -0.129. The summed E-state index contributed by atoms with van der Waals surface area (Å²) in [5, 5.41) is 15.9. The first-order chi connectivity index (χ1) is 15.9. The van der Waals surface area contributed by atoms with E-state index < -0.39 is 17.8 Å². The summed E-state index contributed by atoms with van der Waals surface area (Å²) in [5.74, 6) is -1.29. The lowest BCUT2D eigenvalue weighted by Gasteiger charge is -2.07. The van der Waals surface area contributed by atoms with Gasteiger partial charge < -0.3 is 19.6 Å². The van der Waals surface area contributed by atoms with Gasteiger partial charge in [0, 0.05) is 16.1 Å². The summed E-state index contributed by atoms with van der Waals surface area (Å²) in [4.78, 5) is 36.1. The highest BCUT2D eigenvalue weighted by molar-refractivity contribution is 9.10. The molecule has 0 aliphatic carbocycles. The maximum atomic E-state index is 12.1. The number of hydrazone groups is 1. The number of hydrogen-bond acceptors (Lipinski definition) is 7. The molecule has 1 heterocycles. The molecule has 0 atom stereocenters. The Morgan fingerprint density at radius 1 is 1.12 bits per heavy atom. The van der Waals surface area contributed by atoms with Gasteiger partial charge in [-0.25, -0.2) is 10.2 Å². The maximum Gasteiger partial charge on any atom is 0.336 e. The van der Waals surface area contributed by atoms with Crippen LogP contribution in [0.15, 0.2) is 80.9 Å². The van der Waals surface area contributed by atoms with Crippen LogP contribution in [0.5, 0.6) is 11.5 Å². The molecular weight excluding hydrogens is 494 g/mol. The number of phenolic OH excluding ortho intramolecular Hbond substituents is 1. The Balaban J connectivity index is 1.56. The van der Waals surface area contributed by atoms with Gasteiger partial charge >= 0.3 is 5.97 Å². The summed E-state index contributed by atoms with van der Waals surface area (Å²) >= 11 is 3.33. The van der Waals surface area contributed by atoms with Crippen LogP contribution in [0.4, 0.5) is 0 Å². The van der Waals surface area contributed by atoms with Crippen LogP contribution in [-0.4, -0.2) is 35.6 Å². The molecule has 2 aromatic carbocycles. The highest BCUT2D eigenvalue weighted by Gasteiger charge is 2.11. The number of benzene rings is 2. The van der Waals surface area contributed by atoms with Crippen molar-refractivity contribution in [1.29, 1.82) is 0 Å². The van der Waals surface area contributed by atoms with E-state index in [-0.39, 0.29) is 23.6 Å². The van der Waals surface area contributed by atoms with Gasteiger partial charge in [-0.2, -0.15) is 5.10 Å². The van der Waals surface area contributed by atoms with Gasteiger partial charge in [0.2, 0.25) is 0 Å². The topological polar surface area (TPSA) is 130 Å². The highest BCUT2D eigenvalue weighted by Crippen LogP contribution is 2.22. The number of hydrogen-bond donors (Lipinski definition) is 3. The molecule has 0 saturated carbocycles. The minimum atomic E-state index is -0.626. The molecular formula is C23H18BrN3O6. The number of ether oxygens (including phenoxy) is 1. The monoisotopic (exact) mass is 511 g/mol. The highest BCUT2D eigenvalue weighted by atomic mass is 79.9. The van der Waals surface area contributed by atoms with Crippen LogP contribution >= 0.6 is 15.9 Å². The number of carbonyl (C=O) groups excluding carboxylic acids is 3. The van der Waals surface area contributed by atoms with Crippen LogP contribution in [0, 0.1) is 0 Å². The predicted octanol–water partition coefficient (Wildman–Crippen LogP) is 3.25. The van der Waals surface area contributed by atoms with Crippen molar-refractivity contribution in [3.05, 3.63) is 88.3 Å². The number of aromatic hydroxyl groups is 1. The van der Waals surface area contributed by atoms with Gasteiger partial charge in [0.15, 0.2) is 0 Å². The fourth-order valence-corrected chi connectivity index (χ4v) is 2.91. The zero-order chi connectivity index (χ0) is 23.6. The van der Waals surface area contributed by atoms with Crippen LogP contribution in [0.25, 0.3) is 6.08 Å². The molecule has 0 radical (unpaired) electrons. The number of rotatable bonds is 8. The summed E-state index contributed by atoms with van der Waals surface area (Å²) in [7, 11) is 0. The fraction of sp³-hybridized carbons (Fsp3) is 0.0435. The Hall–Kier alpha value is -4.18. The van der Waals surface area contributed by atoms with E-state index in [0.29, 0.717) is 15.8 Å². The summed E-state index contributed by atoms with van der Waals surface area (Å²) in [5.41, 5.74) is 2.74. The smallest absolute Gasteiger partial charge is 0.336 e. The molecule has 0 aliphatic rings. The van der Waals surface area contributed by atoms with Crippen molar-refractivity contribution >= 4 is 46.0 Å². The van der Waals surface area contributed by atoms with Crippen LogP contribution in [0.1, 0.15) is 21.7 Å². The number of furan rings is 1. The van der Waals surface area contributed by atoms with E-state index in [1.54, 1.807) is 42.5 Å². The molecule has 1 aromatic heterocycles. The number of carbonyl (C=O) groups is 3. The van der Waals surface area contributed by atoms with Gasteiger partial charge in [0.05, 0.1) is 24.6 Å². The molecule has 0 bridgehead atoms. The van der Waals surface area contributed by atoms with E-state index in [1.165, 1.54) is 36.8 Å². The normalized spacial score (nSPS) is 10.9. The molecule has 33 heavy (non-hydrogen) atoms. The van der Waals surface area contributed by atoms with Crippen molar-refractivity contribution in [2.45, 2.75) is 0 Å². The Labute approximate surface area is 196 Å². The number of nitrogens with one attached hydrogen (secondary N) is 2. The minimum Gasteiger partial charge on any atom is -0.507 e. The van der Waals surface area contributed by atoms with Crippen molar-refractivity contribution < 1.29 is 28.6 Å². The van der Waals surface area contributed by atoms with Gasteiger partial charge in [0.25, 0.3) is 11.8 Å². The lowest BCUT2D eigenvalue weighted by Crippen LogP contribution is -2.34. The number of para-hydroxylation sites is 1. The third-order valence-electron chi connectivity index (χ3n) is 4.06. The molecule has 0 fully saturated rings. The van der Waals surface area contributed by atoms with E-state index in [1.807, 2.05) is 0 Å². The Morgan fingerprint density at radius 3 is 2.70 bits per heavy atom. The first kappa shape index (κ1) is 23.5. The summed E-state index contributed by atoms with van der Waals surface area (Å²) in [6.07, 6.45) is 5.47. The van der Waals surface area contributed by atoms with Crippen LogP contribution < -0.4 is 15.5 Å². The van der Waals surface area contributed by atoms with E-state index in [4.69, 9.17) is 9.15 Å². The zero-order valence-corrected chi connectivity index (χ0v) is 18.6. The van der Waals surface area contributed by atoms with Crippen molar-refractivity contribution in [3.63, 3.8) is 0 Å². The van der Waals surface area contributed by atoms with Crippen molar-refractivity contribution in [2.24, 2.45) is 5.10 Å². The number of amides is 2. The number of esters is 1. The van der Waals surface area contributed by atoms with Gasteiger partial charge in [-0.15, -0.1) is 0 Å². The van der Waals surface area contributed by atoms with Crippen LogP contribution in [-0.2, 0) is 9.59 Å². The number of nitrogens with zero attached hydrogens (tertiary/aromatic N) is 1. The zero-order valence-electron chi connectivity index (χ0n) is 17.0. The molecule has 0 aliphatic heterocycles. The molecule has 168 valence electrons. The van der Waals surface area contributed by atoms with Gasteiger partial charge in [-0.1, -0.05) is 28.1 Å². The van der Waals surface area contributed by atoms with Crippen molar-refractivity contribution in [2.75, 3.05) is 6.54 Å². The standard InChI is InChI=1S/C23H18BrN3O6/c24-16-7-9-20(33-22(30)10-8-17-4-3-11-32-17)15(12-16)13-26-27-21(29)14-25-23(31)18-5-1-2-6-19(18)28/h1-13,28H,14H2,(H,25,31)(H,27,29). The Kier molecular flexibility index (Phi) is 8.14. The second-order valence-electron chi connectivity index (χ2n) is 6.45. The van der Waals surface area contributed by atoms with Crippen LogP contribution in [0.2, 0.25) is 0 Å². The van der Waals surface area contributed by atoms with E-state index >= 15 is 0 Å². The average Bonchev–Trinajstić information content (AvgIpc) is 3.32. The minimum absolute atomic E-state index is 0.0514. The third-order valence-corrected chi connectivity index (χ3v) is 4.55. The van der Waals surface area contributed by atoms with Gasteiger partial charge in [-0.05, 0) is 48.5 Å². The quantitative estimate of drug-likeness (QED) is 0.140.